The molecule has 31 heavy (non-hydrogen) atoms. The zero-order valence-electron chi connectivity index (χ0n) is 17.2. The van der Waals surface area contributed by atoms with Crippen LogP contribution in [0.2, 0.25) is 5.02 Å². The van der Waals surface area contributed by atoms with Gasteiger partial charge in [0.1, 0.15) is 11.5 Å². The SMILES string of the molecule is COc1cc(OC)c(NC(=O)CSc2nnc(-c3ccc(OC)c(OC)c3)o2)cc1Cl. The van der Waals surface area contributed by atoms with Crippen LogP contribution in [0.3, 0.4) is 0 Å². The van der Waals surface area contributed by atoms with Crippen LogP contribution in [-0.2, 0) is 4.79 Å². The van der Waals surface area contributed by atoms with Crippen molar-refractivity contribution in [2.45, 2.75) is 5.22 Å². The number of thioether (sulfide) groups is 1. The van der Waals surface area contributed by atoms with Gasteiger partial charge in [-0.25, -0.2) is 0 Å². The minimum Gasteiger partial charge on any atom is -0.495 e. The van der Waals surface area contributed by atoms with Crippen molar-refractivity contribution in [2.24, 2.45) is 0 Å². The summed E-state index contributed by atoms with van der Waals surface area (Å²) in [6.07, 6.45) is 0. The molecule has 1 amide bonds. The Morgan fingerprint density at radius 2 is 1.68 bits per heavy atom. The first-order chi connectivity index (χ1) is 15.0. The van der Waals surface area contributed by atoms with Crippen molar-refractivity contribution in [2.75, 3.05) is 39.5 Å². The summed E-state index contributed by atoms with van der Waals surface area (Å²) >= 11 is 7.23. The molecule has 2 aromatic carbocycles. The van der Waals surface area contributed by atoms with Crippen molar-refractivity contribution >= 4 is 35.0 Å². The van der Waals surface area contributed by atoms with E-state index in [2.05, 4.69) is 15.5 Å². The minimum atomic E-state index is -0.296. The zero-order valence-corrected chi connectivity index (χ0v) is 18.8. The molecule has 0 fully saturated rings. The van der Waals surface area contributed by atoms with Crippen LogP contribution >= 0.6 is 23.4 Å². The number of methoxy groups -OCH3 is 4. The van der Waals surface area contributed by atoms with Gasteiger partial charge in [-0.2, -0.15) is 0 Å². The van der Waals surface area contributed by atoms with Crippen LogP contribution in [0.5, 0.6) is 23.0 Å². The van der Waals surface area contributed by atoms with Gasteiger partial charge in [0.2, 0.25) is 11.8 Å². The van der Waals surface area contributed by atoms with Crippen LogP contribution in [0.25, 0.3) is 11.5 Å². The van der Waals surface area contributed by atoms with E-state index in [0.717, 1.165) is 11.8 Å². The number of nitrogens with zero attached hydrogens (tertiary/aromatic N) is 2. The molecule has 3 rings (SSSR count). The third-order valence-electron chi connectivity index (χ3n) is 4.11. The highest BCUT2D eigenvalue weighted by atomic mass is 35.5. The number of halogens is 1. The predicted molar refractivity (Wildman–Crippen MR) is 117 cm³/mol. The maximum atomic E-state index is 12.4. The zero-order chi connectivity index (χ0) is 22.4. The van der Waals surface area contributed by atoms with Gasteiger partial charge in [-0.05, 0) is 24.3 Å². The Balaban J connectivity index is 1.65. The molecule has 0 radical (unpaired) electrons. The van der Waals surface area contributed by atoms with Crippen molar-refractivity contribution in [3.05, 3.63) is 35.4 Å². The quantitative estimate of drug-likeness (QED) is 0.466. The number of rotatable bonds is 9. The summed E-state index contributed by atoms with van der Waals surface area (Å²) in [4.78, 5) is 12.4. The molecule has 0 aliphatic heterocycles. The predicted octanol–water partition coefficient (Wildman–Crippen LogP) is 4.16. The molecule has 0 saturated carbocycles. The molecule has 3 aromatic rings. The van der Waals surface area contributed by atoms with E-state index in [1.807, 2.05) is 0 Å². The number of aromatic nitrogens is 2. The van der Waals surface area contributed by atoms with Crippen LogP contribution in [0, 0.1) is 0 Å². The molecular formula is C20H20ClN3O6S. The van der Waals surface area contributed by atoms with Gasteiger partial charge < -0.3 is 28.7 Å². The number of carbonyl (C=O) groups excluding carboxylic acids is 1. The van der Waals surface area contributed by atoms with Gasteiger partial charge in [0.05, 0.1) is 44.9 Å². The maximum absolute atomic E-state index is 12.4. The highest BCUT2D eigenvalue weighted by Gasteiger charge is 2.16. The van der Waals surface area contributed by atoms with Crippen molar-refractivity contribution in [3.8, 4) is 34.5 Å². The molecule has 0 atom stereocenters. The Labute approximate surface area is 188 Å². The summed E-state index contributed by atoms with van der Waals surface area (Å²) in [5.74, 6) is 2.04. The first kappa shape index (κ1) is 22.6. The summed E-state index contributed by atoms with van der Waals surface area (Å²) in [5, 5.41) is 11.3. The molecular weight excluding hydrogens is 446 g/mol. The third kappa shape index (κ3) is 5.33. The van der Waals surface area contributed by atoms with Gasteiger partial charge in [-0.3, -0.25) is 4.79 Å². The second kappa shape index (κ2) is 10.3. The molecule has 0 bridgehead atoms. The molecule has 164 valence electrons. The van der Waals surface area contributed by atoms with Crippen LogP contribution in [-0.4, -0.2) is 50.3 Å². The van der Waals surface area contributed by atoms with E-state index in [1.165, 1.54) is 14.2 Å². The molecule has 0 unspecified atom stereocenters. The van der Waals surface area contributed by atoms with Crippen LogP contribution in [0.4, 0.5) is 5.69 Å². The monoisotopic (exact) mass is 465 g/mol. The molecule has 1 aromatic heterocycles. The number of anilines is 1. The average Bonchev–Trinajstić information content (AvgIpc) is 3.26. The molecule has 11 heteroatoms. The van der Waals surface area contributed by atoms with Gasteiger partial charge in [0.15, 0.2) is 11.5 Å². The van der Waals surface area contributed by atoms with E-state index < -0.39 is 0 Å². The smallest absolute Gasteiger partial charge is 0.277 e. The maximum Gasteiger partial charge on any atom is 0.277 e. The van der Waals surface area contributed by atoms with E-state index in [0.29, 0.717) is 45.2 Å². The molecule has 0 spiro atoms. The van der Waals surface area contributed by atoms with E-state index >= 15 is 0 Å². The van der Waals surface area contributed by atoms with Crippen molar-refractivity contribution in [1.82, 2.24) is 10.2 Å². The summed E-state index contributed by atoms with van der Waals surface area (Å²) in [6.45, 7) is 0. The molecule has 0 aliphatic carbocycles. The standard InChI is InChI=1S/C20H20ClN3O6S/c1-26-14-6-5-11(7-17(14)29-4)19-23-24-20(30-19)31-10-18(25)22-13-8-12(21)15(27-2)9-16(13)28-3/h5-9H,10H2,1-4H3,(H,22,25). The van der Waals surface area contributed by atoms with Crippen molar-refractivity contribution in [3.63, 3.8) is 0 Å². The van der Waals surface area contributed by atoms with E-state index in [1.54, 1.807) is 44.6 Å². The minimum absolute atomic E-state index is 0.0420. The highest BCUT2D eigenvalue weighted by Crippen LogP contribution is 2.36. The Kier molecular flexibility index (Phi) is 7.48. The lowest BCUT2D eigenvalue weighted by Gasteiger charge is -2.12. The normalized spacial score (nSPS) is 10.5. The number of ether oxygens (including phenoxy) is 4. The molecule has 9 nitrogen and oxygen atoms in total. The second-order valence-electron chi connectivity index (χ2n) is 5.97. The van der Waals surface area contributed by atoms with Crippen LogP contribution < -0.4 is 24.3 Å². The Bertz CT molecular complexity index is 1080. The van der Waals surface area contributed by atoms with Crippen LogP contribution in [0.1, 0.15) is 0 Å². The molecule has 0 saturated heterocycles. The lowest BCUT2D eigenvalue weighted by Crippen LogP contribution is -2.14. The first-order valence-electron chi connectivity index (χ1n) is 8.89. The lowest BCUT2D eigenvalue weighted by molar-refractivity contribution is -0.113. The van der Waals surface area contributed by atoms with Crippen LogP contribution in [0.15, 0.2) is 40.0 Å². The van der Waals surface area contributed by atoms with Gasteiger partial charge in [0.25, 0.3) is 5.22 Å². The van der Waals surface area contributed by atoms with Crippen molar-refractivity contribution in [1.29, 1.82) is 0 Å². The number of nitrogens with one attached hydrogen (secondary N) is 1. The summed E-state index contributed by atoms with van der Waals surface area (Å²) in [5.41, 5.74) is 1.09. The second-order valence-corrected chi connectivity index (χ2v) is 7.30. The topological polar surface area (TPSA) is 105 Å². The molecule has 1 N–H and O–H groups in total. The lowest BCUT2D eigenvalue weighted by atomic mass is 10.2. The number of hydrogen-bond acceptors (Lipinski definition) is 9. The highest BCUT2D eigenvalue weighted by molar-refractivity contribution is 7.99. The number of benzene rings is 2. The molecule has 1 heterocycles. The van der Waals surface area contributed by atoms with E-state index in [-0.39, 0.29) is 16.9 Å². The largest absolute Gasteiger partial charge is 0.495 e. The fourth-order valence-electron chi connectivity index (χ4n) is 2.63. The fraction of sp³-hybridized carbons (Fsp3) is 0.250. The van der Waals surface area contributed by atoms with Gasteiger partial charge in [0, 0.05) is 11.6 Å². The Hall–Kier alpha value is -3.11. The average molecular weight is 466 g/mol. The fourth-order valence-corrected chi connectivity index (χ4v) is 3.43. The third-order valence-corrected chi connectivity index (χ3v) is 5.23. The number of amides is 1. The Morgan fingerprint density at radius 3 is 2.35 bits per heavy atom. The Morgan fingerprint density at radius 1 is 0.968 bits per heavy atom. The summed E-state index contributed by atoms with van der Waals surface area (Å²) < 4.78 is 26.6. The number of carbonyl (C=O) groups is 1. The number of hydrogen-bond donors (Lipinski definition) is 1. The van der Waals surface area contributed by atoms with E-state index in [4.69, 9.17) is 35.0 Å². The van der Waals surface area contributed by atoms with Gasteiger partial charge in [-0.1, -0.05) is 23.4 Å². The summed E-state index contributed by atoms with van der Waals surface area (Å²) in [7, 11) is 6.08. The molecule has 0 aliphatic rings. The van der Waals surface area contributed by atoms with Gasteiger partial charge in [-0.15, -0.1) is 10.2 Å². The van der Waals surface area contributed by atoms with E-state index in [9.17, 15) is 4.79 Å². The first-order valence-corrected chi connectivity index (χ1v) is 10.3. The van der Waals surface area contributed by atoms with Gasteiger partial charge >= 0.3 is 0 Å². The van der Waals surface area contributed by atoms with Crippen molar-refractivity contribution < 1.29 is 28.2 Å². The summed E-state index contributed by atoms with van der Waals surface area (Å²) in [6, 6.07) is 8.40.